The molecule has 0 aliphatic rings. The van der Waals surface area contributed by atoms with Gasteiger partial charge in [0.05, 0.1) is 0 Å². The van der Waals surface area contributed by atoms with Gasteiger partial charge < -0.3 is 8.83 Å². The average Bonchev–Trinajstić information content (AvgIpc) is 3.76. The second kappa shape index (κ2) is 11.4. The van der Waals surface area contributed by atoms with Gasteiger partial charge in [-0.1, -0.05) is 121 Å². The molecule has 0 aliphatic heterocycles. The maximum atomic E-state index is 6.42. The Labute approximate surface area is 286 Å². The van der Waals surface area contributed by atoms with Crippen molar-refractivity contribution in [1.29, 1.82) is 0 Å². The number of rotatable bonds is 5. The van der Waals surface area contributed by atoms with Crippen molar-refractivity contribution < 1.29 is 8.83 Å². The van der Waals surface area contributed by atoms with Crippen LogP contribution in [0.1, 0.15) is 0 Å². The first-order chi connectivity index (χ1) is 24.8. The van der Waals surface area contributed by atoms with Gasteiger partial charge in [-0.15, -0.1) is 0 Å². The molecule has 6 nitrogen and oxygen atoms in total. The number of benzene rings is 6. The number of nitrogens with zero attached hydrogens (tertiary/aromatic N) is 4. The van der Waals surface area contributed by atoms with E-state index < -0.39 is 0 Å². The Morgan fingerprint density at radius 2 is 0.700 bits per heavy atom. The molecule has 0 spiro atoms. The minimum Gasteiger partial charge on any atom is -0.452 e. The van der Waals surface area contributed by atoms with Crippen molar-refractivity contribution in [2.24, 2.45) is 0 Å². The van der Waals surface area contributed by atoms with E-state index in [4.69, 9.17) is 28.8 Å². The number of hydrogen-bond donors (Lipinski definition) is 0. The Morgan fingerprint density at radius 1 is 0.320 bits per heavy atom. The van der Waals surface area contributed by atoms with Crippen molar-refractivity contribution in [3.63, 3.8) is 0 Å². The molecular formula is C44H26N4O2. The molecule has 10 rings (SSSR count). The molecule has 6 aromatic carbocycles. The molecular weight excluding hydrogens is 617 g/mol. The van der Waals surface area contributed by atoms with E-state index in [2.05, 4.69) is 48.5 Å². The maximum absolute atomic E-state index is 6.42. The molecule has 0 fully saturated rings. The van der Waals surface area contributed by atoms with E-state index >= 15 is 0 Å². The summed E-state index contributed by atoms with van der Waals surface area (Å²) in [6, 6.07) is 53.0. The average molecular weight is 643 g/mol. The smallest absolute Gasteiger partial charge is 0.180 e. The lowest BCUT2D eigenvalue weighted by Crippen LogP contribution is -1.94. The van der Waals surface area contributed by atoms with Crippen molar-refractivity contribution in [3.05, 3.63) is 158 Å². The van der Waals surface area contributed by atoms with Crippen LogP contribution in [-0.4, -0.2) is 19.9 Å². The summed E-state index contributed by atoms with van der Waals surface area (Å²) in [6.07, 6.45) is 0. The third-order valence-electron chi connectivity index (χ3n) is 9.11. The molecule has 10 aromatic rings. The highest BCUT2D eigenvalue weighted by Gasteiger charge is 2.20. The van der Waals surface area contributed by atoms with Gasteiger partial charge in [-0.05, 0) is 47.5 Å². The lowest BCUT2D eigenvalue weighted by Gasteiger charge is -2.10. The van der Waals surface area contributed by atoms with Crippen LogP contribution in [0.15, 0.2) is 167 Å². The van der Waals surface area contributed by atoms with Crippen LogP contribution in [-0.2, 0) is 0 Å². The fraction of sp³-hybridized carbons (Fsp3) is 0. The second-order valence-corrected chi connectivity index (χ2v) is 12.2. The van der Waals surface area contributed by atoms with E-state index in [1.54, 1.807) is 0 Å². The summed E-state index contributed by atoms with van der Waals surface area (Å²) < 4.78 is 12.8. The fourth-order valence-electron chi connectivity index (χ4n) is 6.70. The molecule has 0 saturated heterocycles. The van der Waals surface area contributed by atoms with Gasteiger partial charge in [0.15, 0.2) is 22.8 Å². The third kappa shape index (κ3) is 4.65. The largest absolute Gasteiger partial charge is 0.452 e. The van der Waals surface area contributed by atoms with Gasteiger partial charge >= 0.3 is 0 Å². The predicted octanol–water partition coefficient (Wildman–Crippen LogP) is 11.4. The van der Waals surface area contributed by atoms with E-state index in [0.717, 1.165) is 77.7 Å². The van der Waals surface area contributed by atoms with Gasteiger partial charge in [0.1, 0.15) is 33.6 Å². The molecule has 0 atom stereocenters. The van der Waals surface area contributed by atoms with E-state index in [9.17, 15) is 0 Å². The van der Waals surface area contributed by atoms with Crippen LogP contribution in [0.2, 0.25) is 0 Å². The molecule has 6 heteroatoms. The van der Waals surface area contributed by atoms with E-state index in [1.165, 1.54) is 0 Å². The molecule has 4 heterocycles. The quantitative estimate of drug-likeness (QED) is 0.186. The van der Waals surface area contributed by atoms with Crippen LogP contribution in [0.4, 0.5) is 0 Å². The number of aromatic nitrogens is 4. The second-order valence-electron chi connectivity index (χ2n) is 12.2. The van der Waals surface area contributed by atoms with Crippen LogP contribution >= 0.6 is 0 Å². The standard InChI is InChI=1S/C44H26N4O2/c1-3-13-27(14-4-1)43-45-37(41-39(47-43)33-21-7-9-23-35(33)49-41)31-19-11-17-29(25-31)30-18-12-20-32(26-30)38-42-40(34-22-8-10-24-36(34)50-42)48-44(46-38)28-15-5-2-6-16-28/h1-26H. The summed E-state index contributed by atoms with van der Waals surface area (Å²) in [4.78, 5) is 20.2. The van der Waals surface area contributed by atoms with Crippen molar-refractivity contribution in [3.8, 4) is 56.4 Å². The molecule has 0 unspecified atom stereocenters. The molecule has 50 heavy (non-hydrogen) atoms. The number of hydrogen-bond acceptors (Lipinski definition) is 6. The Hall–Kier alpha value is -6.92. The minimum absolute atomic E-state index is 0.653. The lowest BCUT2D eigenvalue weighted by molar-refractivity contribution is 0.667. The molecule has 0 N–H and O–H groups in total. The summed E-state index contributed by atoms with van der Waals surface area (Å²) in [7, 11) is 0. The molecule has 4 aromatic heterocycles. The van der Waals surface area contributed by atoms with Gasteiger partial charge in [0, 0.05) is 33.0 Å². The van der Waals surface area contributed by atoms with Crippen LogP contribution in [0.3, 0.4) is 0 Å². The van der Waals surface area contributed by atoms with Crippen LogP contribution in [0.25, 0.3) is 101 Å². The van der Waals surface area contributed by atoms with Crippen LogP contribution in [0, 0.1) is 0 Å². The zero-order valence-electron chi connectivity index (χ0n) is 26.6. The molecule has 234 valence electrons. The van der Waals surface area contributed by atoms with E-state index in [0.29, 0.717) is 22.8 Å². The van der Waals surface area contributed by atoms with E-state index in [1.807, 2.05) is 109 Å². The van der Waals surface area contributed by atoms with Crippen molar-refractivity contribution in [1.82, 2.24) is 19.9 Å². The van der Waals surface area contributed by atoms with Crippen molar-refractivity contribution in [2.45, 2.75) is 0 Å². The zero-order chi connectivity index (χ0) is 33.0. The summed E-state index contributed by atoms with van der Waals surface area (Å²) in [5.74, 6) is 1.31. The Morgan fingerprint density at radius 3 is 1.16 bits per heavy atom. The van der Waals surface area contributed by atoms with Crippen LogP contribution < -0.4 is 0 Å². The number of para-hydroxylation sites is 2. The Balaban J connectivity index is 1.14. The topological polar surface area (TPSA) is 77.8 Å². The van der Waals surface area contributed by atoms with Gasteiger partial charge in [0.2, 0.25) is 0 Å². The summed E-state index contributed by atoms with van der Waals surface area (Å²) in [6.45, 7) is 0. The van der Waals surface area contributed by atoms with Gasteiger partial charge in [-0.2, -0.15) is 0 Å². The third-order valence-corrected chi connectivity index (χ3v) is 9.11. The van der Waals surface area contributed by atoms with Crippen molar-refractivity contribution >= 4 is 44.1 Å². The van der Waals surface area contributed by atoms with Crippen LogP contribution in [0.5, 0.6) is 0 Å². The highest BCUT2D eigenvalue weighted by molar-refractivity contribution is 6.08. The molecule has 0 aliphatic carbocycles. The predicted molar refractivity (Wildman–Crippen MR) is 199 cm³/mol. The van der Waals surface area contributed by atoms with E-state index in [-0.39, 0.29) is 0 Å². The number of fused-ring (bicyclic) bond motifs is 6. The first kappa shape index (κ1) is 28.1. The molecule has 0 amide bonds. The first-order valence-corrected chi connectivity index (χ1v) is 16.5. The highest BCUT2D eigenvalue weighted by Crippen LogP contribution is 2.39. The van der Waals surface area contributed by atoms with Gasteiger partial charge in [-0.3, -0.25) is 0 Å². The monoisotopic (exact) mass is 642 g/mol. The highest BCUT2D eigenvalue weighted by atomic mass is 16.3. The molecule has 0 radical (unpaired) electrons. The Kier molecular flexibility index (Phi) is 6.39. The Bertz CT molecular complexity index is 2680. The first-order valence-electron chi connectivity index (χ1n) is 16.5. The van der Waals surface area contributed by atoms with Gasteiger partial charge in [-0.25, -0.2) is 19.9 Å². The summed E-state index contributed by atoms with van der Waals surface area (Å²) in [5, 5.41) is 1.92. The van der Waals surface area contributed by atoms with Gasteiger partial charge in [0.25, 0.3) is 0 Å². The fourth-order valence-corrected chi connectivity index (χ4v) is 6.70. The summed E-state index contributed by atoms with van der Waals surface area (Å²) >= 11 is 0. The van der Waals surface area contributed by atoms with Crippen molar-refractivity contribution in [2.75, 3.05) is 0 Å². The normalized spacial score (nSPS) is 11.6. The summed E-state index contributed by atoms with van der Waals surface area (Å²) in [5.41, 5.74) is 11.8. The SMILES string of the molecule is c1ccc(-c2nc(-c3cccc(-c4cccc(-c5nc(-c6ccccc6)nc6c5oc5ccccc56)c4)c3)c3oc4ccccc4c3n2)cc1. The molecule has 0 saturated carbocycles. The zero-order valence-corrected chi connectivity index (χ0v) is 26.6. The number of furan rings is 2. The minimum atomic E-state index is 0.653. The maximum Gasteiger partial charge on any atom is 0.180 e. The molecule has 0 bridgehead atoms. The lowest BCUT2D eigenvalue weighted by atomic mass is 9.98.